The summed E-state index contributed by atoms with van der Waals surface area (Å²) < 4.78 is 10.5. The molecule has 0 spiro atoms. The average molecular weight is 416 g/mol. The number of aliphatic hydroxyl groups is 1. The fourth-order valence-electron chi connectivity index (χ4n) is 2.82. The van der Waals surface area contributed by atoms with Crippen LogP contribution < -0.4 is 0 Å². The number of carbonyl (C=O) groups excluding carboxylic acids is 2. The molecule has 25 heavy (non-hydrogen) atoms. The van der Waals surface area contributed by atoms with Crippen LogP contribution in [-0.2, 0) is 16.0 Å². The van der Waals surface area contributed by atoms with E-state index in [4.69, 9.17) is 9.15 Å². The largest absolute Gasteiger partial charge is 0.463 e. The normalized spacial score (nSPS) is 19.8. The topological polar surface area (TPSA) is 80.0 Å². The molecule has 0 aliphatic carbocycles. The van der Waals surface area contributed by atoms with E-state index in [1.807, 2.05) is 6.07 Å². The van der Waals surface area contributed by atoms with Gasteiger partial charge in [0.15, 0.2) is 0 Å². The van der Waals surface area contributed by atoms with E-state index in [0.29, 0.717) is 5.76 Å². The molecule has 0 saturated carbocycles. The Labute approximate surface area is 156 Å². The third-order valence-electron chi connectivity index (χ3n) is 4.42. The van der Waals surface area contributed by atoms with Crippen LogP contribution in [0.1, 0.15) is 63.6 Å². The fraction of sp³-hybridized carbons (Fsp3) is 0.667. The van der Waals surface area contributed by atoms with Gasteiger partial charge in [0, 0.05) is 6.42 Å². The molecule has 140 valence electrons. The molecule has 1 aromatic rings. The number of nitrogens with zero attached hydrogens (tertiary/aromatic N) is 1. The smallest absolute Gasteiger partial charge is 0.417 e. The molecule has 2 rings (SSSR count). The first-order chi connectivity index (χ1) is 12.0. The summed E-state index contributed by atoms with van der Waals surface area (Å²) in [5.41, 5.74) is 0. The molecule has 2 heterocycles. The van der Waals surface area contributed by atoms with Crippen LogP contribution in [0.3, 0.4) is 0 Å². The molecular weight excluding hydrogens is 390 g/mol. The minimum atomic E-state index is -1.10. The second-order valence-corrected chi connectivity index (χ2v) is 7.48. The van der Waals surface area contributed by atoms with Crippen molar-refractivity contribution < 1.29 is 23.8 Å². The molecule has 1 fully saturated rings. The number of ether oxygens (including phenoxy) is 1. The Balaban J connectivity index is 1.90. The molecule has 1 aliphatic heterocycles. The van der Waals surface area contributed by atoms with Crippen LogP contribution in [0.15, 0.2) is 16.5 Å². The highest BCUT2D eigenvalue weighted by molar-refractivity contribution is 9.09. The van der Waals surface area contributed by atoms with Gasteiger partial charge in [-0.15, -0.1) is 0 Å². The lowest BCUT2D eigenvalue weighted by Gasteiger charge is -2.22. The van der Waals surface area contributed by atoms with E-state index in [0.717, 1.165) is 29.9 Å². The summed E-state index contributed by atoms with van der Waals surface area (Å²) in [4.78, 5) is 24.6. The number of hydrogen-bond donors (Lipinski definition) is 1. The number of carbonyl (C=O) groups is 2. The maximum absolute atomic E-state index is 12.5. The zero-order chi connectivity index (χ0) is 18.4. The van der Waals surface area contributed by atoms with Gasteiger partial charge in [0.05, 0.1) is 5.92 Å². The summed E-state index contributed by atoms with van der Waals surface area (Å²) in [6, 6.07) is 3.54. The summed E-state index contributed by atoms with van der Waals surface area (Å²) in [7, 11) is 0. The number of hydrogen-bond acceptors (Lipinski definition) is 5. The van der Waals surface area contributed by atoms with Crippen molar-refractivity contribution >= 4 is 27.9 Å². The molecule has 0 unspecified atom stereocenters. The van der Waals surface area contributed by atoms with Gasteiger partial charge in [0.1, 0.15) is 29.2 Å². The van der Waals surface area contributed by atoms with E-state index in [2.05, 4.69) is 22.9 Å². The molecule has 0 bridgehead atoms. The number of alkyl halides is 1. The van der Waals surface area contributed by atoms with Crippen molar-refractivity contribution in [2.75, 3.05) is 6.61 Å². The van der Waals surface area contributed by atoms with Crippen LogP contribution in [0.4, 0.5) is 4.79 Å². The standard InChI is InChI=1S/C18H26BrNO5/c1-3-4-5-6-7-8-13-9-10-14(25-13)16(21)12(2)17(22)20-15(19)11-24-18(20)23/h9-10,12,15-16,21H,3-8,11H2,1-2H3/t12-,15+,16-/m0/s1. The molecule has 0 radical (unpaired) electrons. The zero-order valence-electron chi connectivity index (χ0n) is 14.7. The molecule has 2 amide bonds. The van der Waals surface area contributed by atoms with Crippen LogP contribution >= 0.6 is 15.9 Å². The van der Waals surface area contributed by atoms with E-state index in [-0.39, 0.29) is 6.61 Å². The Morgan fingerprint density at radius 1 is 1.36 bits per heavy atom. The molecule has 1 aliphatic rings. The lowest BCUT2D eigenvalue weighted by Crippen LogP contribution is -2.41. The average Bonchev–Trinajstić information content (AvgIpc) is 3.19. The predicted octanol–water partition coefficient (Wildman–Crippen LogP) is 4.16. The quantitative estimate of drug-likeness (QED) is 0.372. The minimum absolute atomic E-state index is 0.107. The number of rotatable bonds is 9. The second-order valence-electron chi connectivity index (χ2n) is 6.42. The van der Waals surface area contributed by atoms with Gasteiger partial charge in [-0.1, -0.05) is 55.5 Å². The predicted molar refractivity (Wildman–Crippen MR) is 96.2 cm³/mol. The minimum Gasteiger partial charge on any atom is -0.463 e. The number of unbranched alkanes of at least 4 members (excludes halogenated alkanes) is 4. The number of furan rings is 1. The van der Waals surface area contributed by atoms with Crippen LogP contribution in [0.5, 0.6) is 0 Å². The van der Waals surface area contributed by atoms with E-state index >= 15 is 0 Å². The van der Waals surface area contributed by atoms with Gasteiger partial charge < -0.3 is 14.3 Å². The summed E-state index contributed by atoms with van der Waals surface area (Å²) >= 11 is 3.22. The van der Waals surface area contributed by atoms with Gasteiger partial charge in [-0.25, -0.2) is 9.69 Å². The van der Waals surface area contributed by atoms with Crippen LogP contribution in [-0.4, -0.2) is 33.6 Å². The van der Waals surface area contributed by atoms with Crippen molar-refractivity contribution in [3.05, 3.63) is 23.7 Å². The third kappa shape index (κ3) is 5.07. The van der Waals surface area contributed by atoms with Crippen molar-refractivity contribution in [1.82, 2.24) is 4.90 Å². The van der Waals surface area contributed by atoms with E-state index in [1.165, 1.54) is 19.3 Å². The first-order valence-corrected chi connectivity index (χ1v) is 9.77. The molecule has 7 heteroatoms. The molecule has 3 atom stereocenters. The maximum Gasteiger partial charge on any atom is 0.417 e. The molecule has 1 N–H and O–H groups in total. The first kappa shape index (κ1) is 20.0. The lowest BCUT2D eigenvalue weighted by atomic mass is 10.0. The van der Waals surface area contributed by atoms with Gasteiger partial charge in [-0.3, -0.25) is 4.79 Å². The van der Waals surface area contributed by atoms with Crippen molar-refractivity contribution in [3.63, 3.8) is 0 Å². The SMILES string of the molecule is CCCCCCCc1ccc([C@@H](O)[C@H](C)C(=O)N2C(=O)OC[C@@H]2Br)o1. The Bertz CT molecular complexity index is 588. The number of halogens is 1. The summed E-state index contributed by atoms with van der Waals surface area (Å²) in [5.74, 6) is -0.143. The van der Waals surface area contributed by atoms with Gasteiger partial charge >= 0.3 is 6.09 Å². The van der Waals surface area contributed by atoms with Crippen molar-refractivity contribution in [2.24, 2.45) is 5.92 Å². The summed E-state index contributed by atoms with van der Waals surface area (Å²) in [6.07, 6.45) is 4.90. The maximum atomic E-state index is 12.5. The van der Waals surface area contributed by atoms with Gasteiger partial charge in [-0.05, 0) is 18.6 Å². The lowest BCUT2D eigenvalue weighted by molar-refractivity contribution is -0.135. The third-order valence-corrected chi connectivity index (χ3v) is 5.10. The molecule has 1 aromatic heterocycles. The number of imide groups is 1. The fourth-order valence-corrected chi connectivity index (χ4v) is 3.32. The highest BCUT2D eigenvalue weighted by Crippen LogP contribution is 2.29. The van der Waals surface area contributed by atoms with Gasteiger partial charge in [0.2, 0.25) is 5.91 Å². The van der Waals surface area contributed by atoms with E-state index < -0.39 is 29.0 Å². The number of aliphatic hydroxyl groups excluding tert-OH is 1. The molecule has 6 nitrogen and oxygen atoms in total. The Morgan fingerprint density at radius 2 is 2.08 bits per heavy atom. The molecular formula is C18H26BrNO5. The summed E-state index contributed by atoms with van der Waals surface area (Å²) in [6.45, 7) is 3.86. The van der Waals surface area contributed by atoms with Gasteiger partial charge in [0.25, 0.3) is 0 Å². The van der Waals surface area contributed by atoms with Crippen LogP contribution in [0.25, 0.3) is 0 Å². The highest BCUT2D eigenvalue weighted by Gasteiger charge is 2.40. The second kappa shape index (κ2) is 9.38. The zero-order valence-corrected chi connectivity index (χ0v) is 16.3. The number of amides is 2. The molecule has 0 aromatic carbocycles. The molecule has 1 saturated heterocycles. The van der Waals surface area contributed by atoms with Crippen LogP contribution in [0.2, 0.25) is 0 Å². The number of aryl methyl sites for hydroxylation is 1. The van der Waals surface area contributed by atoms with Crippen LogP contribution in [0, 0.1) is 5.92 Å². The van der Waals surface area contributed by atoms with Gasteiger partial charge in [-0.2, -0.15) is 0 Å². The first-order valence-electron chi connectivity index (χ1n) is 8.86. The van der Waals surface area contributed by atoms with E-state index in [1.54, 1.807) is 13.0 Å². The van der Waals surface area contributed by atoms with Crippen molar-refractivity contribution in [2.45, 2.75) is 63.4 Å². The monoisotopic (exact) mass is 415 g/mol. The van der Waals surface area contributed by atoms with Crippen molar-refractivity contribution in [3.8, 4) is 0 Å². The summed E-state index contributed by atoms with van der Waals surface area (Å²) in [5, 5.41) is 10.4. The Kier molecular flexibility index (Phi) is 7.50. The number of cyclic esters (lactones) is 1. The highest BCUT2D eigenvalue weighted by atomic mass is 79.9. The Morgan fingerprint density at radius 3 is 2.72 bits per heavy atom. The van der Waals surface area contributed by atoms with Crippen molar-refractivity contribution in [1.29, 1.82) is 0 Å². The Hall–Kier alpha value is -1.34. The van der Waals surface area contributed by atoms with E-state index in [9.17, 15) is 14.7 Å².